The van der Waals surface area contributed by atoms with E-state index >= 15 is 0 Å². The number of carbonyl (C=O) groups excluding carboxylic acids is 1. The molecule has 0 spiro atoms. The van der Waals surface area contributed by atoms with Gasteiger partial charge in [0.05, 0.1) is 16.6 Å². The minimum absolute atomic E-state index is 0.184. The third-order valence-electron chi connectivity index (χ3n) is 2.84. The lowest BCUT2D eigenvalue weighted by molar-refractivity contribution is -0.117. The first-order valence-electron chi connectivity index (χ1n) is 5.81. The van der Waals surface area contributed by atoms with E-state index in [0.717, 1.165) is 18.0 Å². The van der Waals surface area contributed by atoms with Gasteiger partial charge in [0.25, 0.3) is 0 Å². The smallest absolute Gasteiger partial charge is 0.150 e. The highest BCUT2D eigenvalue weighted by atomic mass is 35.5. The number of benzene rings is 1. The molecule has 92 valence electrons. The molecular formula is C13H15Cl2NO. The quantitative estimate of drug-likeness (QED) is 0.862. The largest absolute Gasteiger partial charge is 0.310 e. The second-order valence-electron chi connectivity index (χ2n) is 4.54. The van der Waals surface area contributed by atoms with Crippen LogP contribution in [-0.2, 0) is 11.2 Å². The first-order valence-corrected chi connectivity index (χ1v) is 6.57. The molecule has 2 rings (SSSR count). The van der Waals surface area contributed by atoms with Crippen molar-refractivity contribution in [1.29, 1.82) is 0 Å². The maximum Gasteiger partial charge on any atom is 0.150 e. The molecule has 1 aliphatic carbocycles. The number of nitrogens with one attached hydrogen (secondary N) is 1. The number of ketones is 1. The molecule has 0 aliphatic heterocycles. The van der Waals surface area contributed by atoms with Gasteiger partial charge < -0.3 is 5.32 Å². The van der Waals surface area contributed by atoms with Gasteiger partial charge in [0.1, 0.15) is 0 Å². The Bertz CT molecular complexity index is 416. The van der Waals surface area contributed by atoms with Gasteiger partial charge in [-0.25, -0.2) is 0 Å². The number of Topliss-reactive ketones (excluding diaryl/α,β-unsaturated/α-hetero) is 1. The molecule has 1 aliphatic rings. The molecule has 1 fully saturated rings. The summed E-state index contributed by atoms with van der Waals surface area (Å²) in [6.07, 6.45) is 3.01. The van der Waals surface area contributed by atoms with Gasteiger partial charge in [-0.15, -0.1) is 0 Å². The molecule has 1 N–H and O–H groups in total. The molecule has 0 bridgehead atoms. The number of carbonyl (C=O) groups is 1. The molecule has 17 heavy (non-hydrogen) atoms. The van der Waals surface area contributed by atoms with Crippen LogP contribution in [0.5, 0.6) is 0 Å². The number of hydrogen-bond donors (Lipinski definition) is 1. The van der Waals surface area contributed by atoms with Crippen molar-refractivity contribution in [2.24, 2.45) is 5.92 Å². The molecule has 0 aromatic heterocycles. The Morgan fingerprint density at radius 3 is 2.71 bits per heavy atom. The lowest BCUT2D eigenvalue weighted by Crippen LogP contribution is -2.26. The van der Waals surface area contributed by atoms with Gasteiger partial charge in [-0.2, -0.15) is 0 Å². The summed E-state index contributed by atoms with van der Waals surface area (Å²) in [4.78, 5) is 11.7. The van der Waals surface area contributed by atoms with Gasteiger partial charge in [0.15, 0.2) is 5.78 Å². The van der Waals surface area contributed by atoms with Crippen molar-refractivity contribution in [2.75, 3.05) is 13.1 Å². The SMILES string of the molecule is O=C(CNCC1CC1)Cc1ccc(Cl)c(Cl)c1. The molecular weight excluding hydrogens is 257 g/mol. The fraction of sp³-hybridized carbons (Fsp3) is 0.462. The number of rotatable bonds is 6. The molecule has 1 aromatic rings. The minimum Gasteiger partial charge on any atom is -0.310 e. The molecule has 0 heterocycles. The Balaban J connectivity index is 1.77. The zero-order chi connectivity index (χ0) is 12.3. The van der Waals surface area contributed by atoms with E-state index in [0.29, 0.717) is 23.0 Å². The maximum absolute atomic E-state index is 11.7. The van der Waals surface area contributed by atoms with Crippen LogP contribution < -0.4 is 5.32 Å². The Hall–Kier alpha value is -0.570. The lowest BCUT2D eigenvalue weighted by Gasteiger charge is -2.04. The van der Waals surface area contributed by atoms with Gasteiger partial charge in [0.2, 0.25) is 0 Å². The summed E-state index contributed by atoms with van der Waals surface area (Å²) in [6, 6.07) is 5.32. The highest BCUT2D eigenvalue weighted by Gasteiger charge is 2.20. The Labute approximate surface area is 111 Å². The van der Waals surface area contributed by atoms with E-state index in [1.54, 1.807) is 12.1 Å². The zero-order valence-corrected chi connectivity index (χ0v) is 11.0. The van der Waals surface area contributed by atoms with Gasteiger partial charge in [0, 0.05) is 6.42 Å². The van der Waals surface area contributed by atoms with Crippen LogP contribution in [-0.4, -0.2) is 18.9 Å². The van der Waals surface area contributed by atoms with Crippen LogP contribution in [0.2, 0.25) is 10.0 Å². The van der Waals surface area contributed by atoms with Crippen molar-refractivity contribution < 1.29 is 4.79 Å². The summed E-state index contributed by atoms with van der Waals surface area (Å²) in [5.41, 5.74) is 0.914. The van der Waals surface area contributed by atoms with Gasteiger partial charge >= 0.3 is 0 Å². The van der Waals surface area contributed by atoms with E-state index in [1.165, 1.54) is 12.8 Å². The number of hydrogen-bond acceptors (Lipinski definition) is 2. The molecule has 0 atom stereocenters. The van der Waals surface area contributed by atoms with Gasteiger partial charge in [-0.05, 0) is 43.0 Å². The highest BCUT2D eigenvalue weighted by Crippen LogP contribution is 2.27. The predicted octanol–water partition coefficient (Wildman–Crippen LogP) is 3.10. The van der Waals surface area contributed by atoms with Gasteiger partial charge in [-0.1, -0.05) is 29.3 Å². The summed E-state index contributed by atoms with van der Waals surface area (Å²) in [5.74, 6) is 0.983. The normalized spacial score (nSPS) is 14.9. The van der Waals surface area contributed by atoms with Crippen molar-refractivity contribution in [2.45, 2.75) is 19.3 Å². The Morgan fingerprint density at radius 2 is 2.06 bits per heavy atom. The summed E-state index contributed by atoms with van der Waals surface area (Å²) >= 11 is 11.7. The van der Waals surface area contributed by atoms with Crippen LogP contribution >= 0.6 is 23.2 Å². The maximum atomic E-state index is 11.7. The predicted molar refractivity (Wildman–Crippen MR) is 70.8 cm³/mol. The van der Waals surface area contributed by atoms with E-state index < -0.39 is 0 Å². The van der Waals surface area contributed by atoms with Crippen LogP contribution in [0.25, 0.3) is 0 Å². The molecule has 4 heteroatoms. The molecule has 0 unspecified atom stereocenters. The molecule has 0 amide bonds. The third kappa shape index (κ3) is 4.30. The third-order valence-corrected chi connectivity index (χ3v) is 3.58. The topological polar surface area (TPSA) is 29.1 Å². The average Bonchev–Trinajstić information content (AvgIpc) is 3.07. The fourth-order valence-corrected chi connectivity index (χ4v) is 2.00. The first kappa shape index (κ1) is 12.9. The summed E-state index contributed by atoms with van der Waals surface area (Å²) in [5, 5.41) is 4.21. The monoisotopic (exact) mass is 271 g/mol. The first-order chi connectivity index (χ1) is 8.15. The molecule has 1 aromatic carbocycles. The average molecular weight is 272 g/mol. The zero-order valence-electron chi connectivity index (χ0n) is 9.51. The van der Waals surface area contributed by atoms with Crippen molar-refractivity contribution >= 4 is 29.0 Å². The Morgan fingerprint density at radius 1 is 1.29 bits per heavy atom. The lowest BCUT2D eigenvalue weighted by atomic mass is 10.1. The van der Waals surface area contributed by atoms with E-state index in [9.17, 15) is 4.79 Å². The van der Waals surface area contributed by atoms with E-state index in [-0.39, 0.29) is 5.78 Å². The van der Waals surface area contributed by atoms with Crippen LogP contribution in [0.15, 0.2) is 18.2 Å². The fourth-order valence-electron chi connectivity index (χ4n) is 1.68. The van der Waals surface area contributed by atoms with Crippen LogP contribution in [0.4, 0.5) is 0 Å². The van der Waals surface area contributed by atoms with Crippen LogP contribution in [0, 0.1) is 5.92 Å². The second kappa shape index (κ2) is 5.85. The van der Waals surface area contributed by atoms with Crippen molar-refractivity contribution in [1.82, 2.24) is 5.32 Å². The van der Waals surface area contributed by atoms with Crippen molar-refractivity contribution in [3.63, 3.8) is 0 Å². The van der Waals surface area contributed by atoms with E-state index in [1.807, 2.05) is 6.07 Å². The number of halogens is 2. The molecule has 2 nitrogen and oxygen atoms in total. The Kier molecular flexibility index (Phi) is 4.43. The van der Waals surface area contributed by atoms with Crippen LogP contribution in [0.3, 0.4) is 0 Å². The summed E-state index contributed by atoms with van der Waals surface area (Å²) in [7, 11) is 0. The van der Waals surface area contributed by atoms with E-state index in [4.69, 9.17) is 23.2 Å². The van der Waals surface area contributed by atoms with Crippen molar-refractivity contribution in [3.8, 4) is 0 Å². The van der Waals surface area contributed by atoms with Crippen molar-refractivity contribution in [3.05, 3.63) is 33.8 Å². The van der Waals surface area contributed by atoms with Gasteiger partial charge in [-0.3, -0.25) is 4.79 Å². The molecule has 0 saturated heterocycles. The standard InChI is InChI=1S/C13H15Cl2NO/c14-12-4-3-10(6-13(12)15)5-11(17)8-16-7-9-1-2-9/h3-4,6,9,16H,1-2,5,7-8H2. The van der Waals surface area contributed by atoms with Crippen LogP contribution in [0.1, 0.15) is 18.4 Å². The highest BCUT2D eigenvalue weighted by molar-refractivity contribution is 6.42. The second-order valence-corrected chi connectivity index (χ2v) is 5.35. The summed E-state index contributed by atoms with van der Waals surface area (Å²) in [6.45, 7) is 1.41. The summed E-state index contributed by atoms with van der Waals surface area (Å²) < 4.78 is 0. The molecule has 1 saturated carbocycles. The minimum atomic E-state index is 0.184. The van der Waals surface area contributed by atoms with E-state index in [2.05, 4.69) is 5.32 Å². The molecule has 0 radical (unpaired) electrons.